The van der Waals surface area contributed by atoms with E-state index in [4.69, 9.17) is 21.9 Å². The fourth-order valence-electron chi connectivity index (χ4n) is 4.15. The first-order chi connectivity index (χ1) is 19.6. The number of hydrogen-bond donors (Lipinski definition) is 8. The molecule has 0 spiro atoms. The molecule has 0 bridgehead atoms. The monoisotopic (exact) mass is 612 g/mol. The van der Waals surface area contributed by atoms with Gasteiger partial charge in [-0.25, -0.2) is 0 Å². The smallest absolute Gasteiger partial charge is 0.239 e. The van der Waals surface area contributed by atoms with Gasteiger partial charge in [0.2, 0.25) is 17.7 Å². The average molecular weight is 613 g/mol. The number of ether oxygens (including phenoxy) is 1. The minimum atomic E-state index is -0.902. The van der Waals surface area contributed by atoms with Crippen LogP contribution in [0.2, 0.25) is 0 Å². The maximum absolute atomic E-state index is 12.3. The van der Waals surface area contributed by atoms with E-state index in [1.807, 2.05) is 18.2 Å². The lowest BCUT2D eigenvalue weighted by molar-refractivity contribution is -0.126. The van der Waals surface area contributed by atoms with Gasteiger partial charge in [0.25, 0.3) is 0 Å². The maximum Gasteiger partial charge on any atom is 0.239 e. The molecule has 41 heavy (non-hydrogen) atoms. The zero-order valence-electron chi connectivity index (χ0n) is 24.6. The normalized spacial score (nSPS) is 13.2. The highest BCUT2D eigenvalue weighted by atomic mass is 32.1. The van der Waals surface area contributed by atoms with Crippen molar-refractivity contribution in [2.24, 2.45) is 17.2 Å². The molecular weight excluding hydrogens is 560 g/mol. The molecule has 12 heteroatoms. The zero-order chi connectivity index (χ0) is 30.5. The lowest BCUT2D eigenvalue weighted by Gasteiger charge is -2.23. The molecule has 9 N–H and O–H groups in total. The molecule has 0 radical (unpaired) electrons. The number of carbonyl (C=O) groups excluding carboxylic acids is 3. The zero-order valence-corrected chi connectivity index (χ0v) is 26.4. The number of carbonyl (C=O) groups is 3. The van der Waals surface area contributed by atoms with Crippen LogP contribution in [-0.4, -0.2) is 62.1 Å². The summed E-state index contributed by atoms with van der Waals surface area (Å²) in [5, 5.41) is 8.60. The van der Waals surface area contributed by atoms with Gasteiger partial charge in [-0.1, -0.05) is 12.5 Å². The Balaban J connectivity index is 2.05. The molecule has 0 saturated carbocycles. The lowest BCUT2D eigenvalue weighted by atomic mass is 9.95. The molecule has 0 aliphatic heterocycles. The number of rotatable bonds is 23. The van der Waals surface area contributed by atoms with Crippen LogP contribution in [-0.2, 0) is 25.9 Å². The summed E-state index contributed by atoms with van der Waals surface area (Å²) in [5.41, 5.74) is 18.9. The standard InChI is InChI=1S/C29H52N6O4S2/c1-29(32,13-5-6-14-30)28(38)35-16-8-4-9-25(31)27(37)34-15-7-2-3-10-26(36)33-17-18-39-24-12-11-22(20-40)23(19-24)21-41/h11-12,19,25,40-41H,2-10,13-18,20-21,30-32H2,1H3,(H,33,36)(H,34,37)(H,35,38)/t25-,29+/m0/s1. The van der Waals surface area contributed by atoms with Crippen molar-refractivity contribution in [2.45, 2.75) is 94.2 Å². The number of hydrogen-bond acceptors (Lipinski definition) is 9. The van der Waals surface area contributed by atoms with Crippen LogP contribution in [0.1, 0.15) is 82.3 Å². The van der Waals surface area contributed by atoms with Crippen molar-refractivity contribution in [3.63, 3.8) is 0 Å². The molecule has 3 amide bonds. The third-order valence-electron chi connectivity index (χ3n) is 6.82. The van der Waals surface area contributed by atoms with Gasteiger partial charge in [-0.2, -0.15) is 25.3 Å². The predicted molar refractivity (Wildman–Crippen MR) is 172 cm³/mol. The first kappa shape index (κ1) is 37.0. The highest BCUT2D eigenvalue weighted by molar-refractivity contribution is 7.79. The topological polar surface area (TPSA) is 175 Å². The molecule has 0 heterocycles. The molecule has 0 aromatic heterocycles. The fraction of sp³-hybridized carbons (Fsp3) is 0.690. The number of thiol groups is 2. The lowest BCUT2D eigenvalue weighted by Crippen LogP contribution is -2.51. The van der Waals surface area contributed by atoms with Crippen LogP contribution in [0.3, 0.4) is 0 Å². The number of unbranched alkanes of at least 4 members (excludes halogenated alkanes) is 4. The Kier molecular flexibility index (Phi) is 19.6. The van der Waals surface area contributed by atoms with Crippen molar-refractivity contribution in [3.05, 3.63) is 29.3 Å². The summed E-state index contributed by atoms with van der Waals surface area (Å²) < 4.78 is 5.72. The van der Waals surface area contributed by atoms with Gasteiger partial charge in [-0.3, -0.25) is 14.4 Å². The Morgan fingerprint density at radius 2 is 1.61 bits per heavy atom. The second-order valence-electron chi connectivity index (χ2n) is 10.6. The van der Waals surface area contributed by atoms with E-state index in [0.29, 0.717) is 63.6 Å². The van der Waals surface area contributed by atoms with E-state index < -0.39 is 11.6 Å². The van der Waals surface area contributed by atoms with Crippen molar-refractivity contribution in [2.75, 3.05) is 32.8 Å². The molecule has 10 nitrogen and oxygen atoms in total. The largest absolute Gasteiger partial charge is 0.492 e. The van der Waals surface area contributed by atoms with Crippen LogP contribution in [0.5, 0.6) is 5.75 Å². The van der Waals surface area contributed by atoms with Crippen LogP contribution >= 0.6 is 25.3 Å². The van der Waals surface area contributed by atoms with E-state index in [1.54, 1.807) is 6.92 Å². The van der Waals surface area contributed by atoms with Gasteiger partial charge in [0.05, 0.1) is 18.1 Å². The number of nitrogens with one attached hydrogen (secondary N) is 3. The second kappa shape index (κ2) is 21.7. The van der Waals surface area contributed by atoms with Crippen LogP contribution in [0.15, 0.2) is 18.2 Å². The van der Waals surface area contributed by atoms with Crippen LogP contribution in [0.4, 0.5) is 0 Å². The van der Waals surface area contributed by atoms with Crippen molar-refractivity contribution >= 4 is 43.0 Å². The molecule has 0 aliphatic rings. The van der Waals surface area contributed by atoms with Crippen LogP contribution in [0.25, 0.3) is 0 Å². The Bertz CT molecular complexity index is 919. The first-order valence-corrected chi connectivity index (χ1v) is 15.9. The van der Waals surface area contributed by atoms with Crippen LogP contribution < -0.4 is 37.9 Å². The summed E-state index contributed by atoms with van der Waals surface area (Å²) in [4.78, 5) is 36.5. The fourth-order valence-corrected chi connectivity index (χ4v) is 4.75. The van der Waals surface area contributed by atoms with E-state index >= 15 is 0 Å². The summed E-state index contributed by atoms with van der Waals surface area (Å²) in [6, 6.07) is 5.26. The van der Waals surface area contributed by atoms with Gasteiger partial charge in [-0.05, 0) is 88.1 Å². The van der Waals surface area contributed by atoms with Gasteiger partial charge in [-0.15, -0.1) is 0 Å². The van der Waals surface area contributed by atoms with Crippen molar-refractivity contribution in [1.82, 2.24) is 16.0 Å². The Labute approximate surface area is 256 Å². The van der Waals surface area contributed by atoms with E-state index in [1.165, 1.54) is 0 Å². The van der Waals surface area contributed by atoms with Crippen molar-refractivity contribution < 1.29 is 19.1 Å². The Morgan fingerprint density at radius 1 is 0.902 bits per heavy atom. The quantitative estimate of drug-likeness (QED) is 0.0690. The van der Waals surface area contributed by atoms with Crippen LogP contribution in [0, 0.1) is 0 Å². The molecule has 1 aromatic carbocycles. The van der Waals surface area contributed by atoms with E-state index in [-0.39, 0.29) is 17.7 Å². The average Bonchev–Trinajstić information content (AvgIpc) is 2.96. The third-order valence-corrected chi connectivity index (χ3v) is 7.51. The number of nitrogens with two attached hydrogens (primary N) is 3. The molecule has 0 fully saturated rings. The number of amides is 3. The first-order valence-electron chi connectivity index (χ1n) is 14.7. The molecule has 0 aliphatic carbocycles. The summed E-state index contributed by atoms with van der Waals surface area (Å²) >= 11 is 8.66. The minimum Gasteiger partial charge on any atom is -0.492 e. The molecule has 2 atom stereocenters. The van der Waals surface area contributed by atoms with Gasteiger partial charge < -0.3 is 37.9 Å². The summed E-state index contributed by atoms with van der Waals surface area (Å²) in [6.45, 7) is 4.17. The highest BCUT2D eigenvalue weighted by Crippen LogP contribution is 2.21. The Hall–Kier alpha value is -1.99. The predicted octanol–water partition coefficient (Wildman–Crippen LogP) is 2.18. The maximum atomic E-state index is 12.3. The third kappa shape index (κ3) is 16.3. The highest BCUT2D eigenvalue weighted by Gasteiger charge is 2.27. The van der Waals surface area contributed by atoms with Gasteiger partial charge in [0, 0.05) is 31.0 Å². The summed E-state index contributed by atoms with van der Waals surface area (Å²) in [7, 11) is 0. The molecule has 1 aromatic rings. The van der Waals surface area contributed by atoms with Gasteiger partial charge >= 0.3 is 0 Å². The molecule has 0 saturated heterocycles. The number of benzene rings is 1. The molecule has 1 rings (SSSR count). The minimum absolute atomic E-state index is 0.0139. The Morgan fingerprint density at radius 3 is 2.32 bits per heavy atom. The SMILES string of the molecule is C[C@@](N)(CCCCN)C(=O)NCCCC[C@H](N)C(=O)NCCCCCC(=O)NCCOc1ccc(CS)c(CS)c1. The summed E-state index contributed by atoms with van der Waals surface area (Å²) in [5.74, 6) is 1.67. The molecular formula is C29H52N6O4S2. The molecule has 234 valence electrons. The van der Waals surface area contributed by atoms with Gasteiger partial charge in [0.1, 0.15) is 12.4 Å². The van der Waals surface area contributed by atoms with E-state index in [0.717, 1.165) is 61.8 Å². The molecule has 0 unspecified atom stereocenters. The van der Waals surface area contributed by atoms with Crippen molar-refractivity contribution in [3.8, 4) is 5.75 Å². The summed E-state index contributed by atoms with van der Waals surface area (Å²) in [6.07, 6.45) is 7.03. The van der Waals surface area contributed by atoms with E-state index in [2.05, 4.69) is 41.2 Å². The van der Waals surface area contributed by atoms with Crippen molar-refractivity contribution in [1.29, 1.82) is 0 Å². The van der Waals surface area contributed by atoms with Gasteiger partial charge in [0.15, 0.2) is 0 Å². The van der Waals surface area contributed by atoms with E-state index in [9.17, 15) is 14.4 Å². The second-order valence-corrected chi connectivity index (χ2v) is 11.2.